The summed E-state index contributed by atoms with van der Waals surface area (Å²) in [5, 5.41) is 9.79. The molecule has 0 radical (unpaired) electrons. The fourth-order valence-corrected chi connectivity index (χ4v) is 2.40. The van der Waals surface area contributed by atoms with Gasteiger partial charge in [0.05, 0.1) is 5.69 Å². The lowest BCUT2D eigenvalue weighted by Gasteiger charge is -2.10. The van der Waals surface area contributed by atoms with Crippen molar-refractivity contribution in [2.45, 2.75) is 27.7 Å². The monoisotopic (exact) mass is 352 g/mol. The van der Waals surface area contributed by atoms with Crippen LogP contribution in [0.4, 0.5) is 16.3 Å². The van der Waals surface area contributed by atoms with Crippen molar-refractivity contribution in [1.82, 2.24) is 19.7 Å². The van der Waals surface area contributed by atoms with E-state index in [1.807, 2.05) is 31.2 Å². The van der Waals surface area contributed by atoms with Gasteiger partial charge >= 0.3 is 6.03 Å². The molecular weight excluding hydrogens is 332 g/mol. The van der Waals surface area contributed by atoms with Crippen LogP contribution in [0.1, 0.15) is 22.5 Å². The van der Waals surface area contributed by atoms with Crippen LogP contribution in [0.15, 0.2) is 35.1 Å². The first kappa shape index (κ1) is 17.4. The predicted molar refractivity (Wildman–Crippen MR) is 100 cm³/mol. The summed E-state index contributed by atoms with van der Waals surface area (Å²) in [4.78, 5) is 31.3. The van der Waals surface area contributed by atoms with Crippen molar-refractivity contribution in [2.75, 3.05) is 10.6 Å². The molecule has 0 saturated carbocycles. The lowest BCUT2D eigenvalue weighted by atomic mass is 10.2. The summed E-state index contributed by atoms with van der Waals surface area (Å²) in [6.07, 6.45) is 0. The van der Waals surface area contributed by atoms with E-state index in [1.54, 1.807) is 26.8 Å². The minimum atomic E-state index is -0.416. The van der Waals surface area contributed by atoms with E-state index in [4.69, 9.17) is 0 Å². The van der Waals surface area contributed by atoms with E-state index in [2.05, 4.69) is 25.7 Å². The highest BCUT2D eigenvalue weighted by Gasteiger charge is 2.14. The highest BCUT2D eigenvalue weighted by atomic mass is 16.2. The quantitative estimate of drug-likeness (QED) is 0.674. The summed E-state index contributed by atoms with van der Waals surface area (Å²) in [5.41, 5.74) is 3.37. The van der Waals surface area contributed by atoms with Gasteiger partial charge in [-0.1, -0.05) is 17.7 Å². The number of carbonyl (C=O) groups is 1. The van der Waals surface area contributed by atoms with Crippen LogP contribution in [0, 0.1) is 27.7 Å². The van der Waals surface area contributed by atoms with Gasteiger partial charge in [-0.2, -0.15) is 9.78 Å². The van der Waals surface area contributed by atoms with Crippen LogP contribution >= 0.6 is 0 Å². The lowest BCUT2D eigenvalue weighted by molar-refractivity contribution is 0.262. The van der Waals surface area contributed by atoms with Gasteiger partial charge in [0.25, 0.3) is 5.56 Å². The maximum absolute atomic E-state index is 12.3. The number of nitrogens with one attached hydrogen (secondary N) is 3. The smallest absolute Gasteiger partial charge is 0.308 e. The summed E-state index contributed by atoms with van der Waals surface area (Å²) in [6.45, 7) is 7.22. The standard InChI is InChI=1S/C18H20N6O2/c1-10-5-7-14(8-6-10)20-18(26)21-15-9-11(2)23-24(15)17-19-13(4)12(3)16(25)22-17/h5-9H,1-4H3,(H,19,22,25)(H2,20,21,26). The molecule has 2 aromatic heterocycles. The summed E-state index contributed by atoms with van der Waals surface area (Å²) < 4.78 is 1.40. The number of nitrogens with zero attached hydrogens (tertiary/aromatic N) is 3. The minimum Gasteiger partial charge on any atom is -0.308 e. The minimum absolute atomic E-state index is 0.240. The summed E-state index contributed by atoms with van der Waals surface area (Å²) in [7, 11) is 0. The van der Waals surface area contributed by atoms with Gasteiger partial charge in [0.1, 0.15) is 5.82 Å². The van der Waals surface area contributed by atoms with Crippen molar-refractivity contribution in [3.63, 3.8) is 0 Å². The Balaban J connectivity index is 1.86. The predicted octanol–water partition coefficient (Wildman–Crippen LogP) is 2.83. The number of aromatic amines is 1. The van der Waals surface area contributed by atoms with Crippen LogP contribution in [-0.2, 0) is 0 Å². The molecular formula is C18H20N6O2. The molecule has 1 aromatic carbocycles. The third-order valence-corrected chi connectivity index (χ3v) is 3.97. The highest BCUT2D eigenvalue weighted by molar-refractivity contribution is 5.99. The maximum Gasteiger partial charge on any atom is 0.324 e. The van der Waals surface area contributed by atoms with Gasteiger partial charge < -0.3 is 5.32 Å². The van der Waals surface area contributed by atoms with Crippen molar-refractivity contribution >= 4 is 17.5 Å². The summed E-state index contributed by atoms with van der Waals surface area (Å²) >= 11 is 0. The average Bonchev–Trinajstić information content (AvgIpc) is 2.94. The first-order valence-electron chi connectivity index (χ1n) is 8.12. The first-order chi connectivity index (χ1) is 12.3. The molecule has 0 spiro atoms. The zero-order valence-corrected chi connectivity index (χ0v) is 15.0. The maximum atomic E-state index is 12.3. The van der Waals surface area contributed by atoms with E-state index in [0.717, 1.165) is 5.56 Å². The van der Waals surface area contributed by atoms with Gasteiger partial charge in [-0.15, -0.1) is 0 Å². The second-order valence-corrected chi connectivity index (χ2v) is 6.13. The van der Waals surface area contributed by atoms with Gasteiger partial charge in [0.15, 0.2) is 0 Å². The molecule has 134 valence electrons. The van der Waals surface area contributed by atoms with Crippen molar-refractivity contribution in [3.05, 3.63) is 63.2 Å². The molecule has 0 fully saturated rings. The fourth-order valence-electron chi connectivity index (χ4n) is 2.40. The zero-order chi connectivity index (χ0) is 18.8. The van der Waals surface area contributed by atoms with Crippen molar-refractivity contribution < 1.29 is 4.79 Å². The number of hydrogen-bond acceptors (Lipinski definition) is 4. The Morgan fingerprint density at radius 2 is 1.77 bits per heavy atom. The third-order valence-electron chi connectivity index (χ3n) is 3.97. The molecule has 0 unspecified atom stereocenters. The Hall–Kier alpha value is -3.42. The Bertz CT molecular complexity index is 1020. The molecule has 3 N–H and O–H groups in total. The summed E-state index contributed by atoms with van der Waals surface area (Å²) in [5.74, 6) is 0.648. The number of urea groups is 1. The normalized spacial score (nSPS) is 10.6. The van der Waals surface area contributed by atoms with Crippen molar-refractivity contribution in [3.8, 4) is 5.95 Å². The Labute approximate surface area is 150 Å². The Morgan fingerprint density at radius 3 is 2.42 bits per heavy atom. The number of H-pyrrole nitrogens is 1. The topological polar surface area (TPSA) is 105 Å². The van der Waals surface area contributed by atoms with E-state index in [9.17, 15) is 9.59 Å². The Kier molecular flexibility index (Phi) is 4.57. The number of hydrogen-bond donors (Lipinski definition) is 3. The molecule has 0 aliphatic rings. The van der Waals surface area contributed by atoms with Crippen LogP contribution in [0.25, 0.3) is 5.95 Å². The van der Waals surface area contributed by atoms with Crippen LogP contribution in [0.5, 0.6) is 0 Å². The molecule has 2 heterocycles. The van der Waals surface area contributed by atoms with E-state index >= 15 is 0 Å². The lowest BCUT2D eigenvalue weighted by Crippen LogP contribution is -2.23. The SMILES string of the molecule is Cc1ccc(NC(=O)Nc2cc(C)nn2-c2nc(C)c(C)c(=O)[nH]2)cc1. The molecule has 0 aliphatic carbocycles. The molecule has 3 rings (SSSR count). The molecule has 3 aromatic rings. The van der Waals surface area contributed by atoms with Gasteiger partial charge in [-0.05, 0) is 39.8 Å². The molecule has 26 heavy (non-hydrogen) atoms. The average molecular weight is 352 g/mol. The second-order valence-electron chi connectivity index (χ2n) is 6.13. The molecule has 8 heteroatoms. The van der Waals surface area contributed by atoms with E-state index < -0.39 is 6.03 Å². The fraction of sp³-hybridized carbons (Fsp3) is 0.222. The molecule has 2 amide bonds. The number of rotatable bonds is 3. The van der Waals surface area contributed by atoms with Crippen molar-refractivity contribution in [2.24, 2.45) is 0 Å². The molecule has 8 nitrogen and oxygen atoms in total. The number of benzene rings is 1. The summed E-state index contributed by atoms with van der Waals surface area (Å²) in [6, 6.07) is 8.74. The number of amides is 2. The second kappa shape index (κ2) is 6.83. The molecule has 0 aliphatic heterocycles. The molecule has 0 saturated heterocycles. The van der Waals surface area contributed by atoms with Gasteiger partial charge in [-0.3, -0.25) is 15.1 Å². The zero-order valence-electron chi connectivity index (χ0n) is 15.0. The largest absolute Gasteiger partial charge is 0.324 e. The van der Waals surface area contributed by atoms with Crippen LogP contribution < -0.4 is 16.2 Å². The molecule has 0 atom stereocenters. The number of aromatic nitrogens is 4. The Morgan fingerprint density at radius 1 is 1.08 bits per heavy atom. The van der Waals surface area contributed by atoms with Crippen molar-refractivity contribution in [1.29, 1.82) is 0 Å². The van der Waals surface area contributed by atoms with Gasteiger partial charge in [-0.25, -0.2) is 9.78 Å². The first-order valence-corrected chi connectivity index (χ1v) is 8.12. The van der Waals surface area contributed by atoms with Gasteiger partial charge in [0.2, 0.25) is 5.95 Å². The third kappa shape index (κ3) is 3.64. The van der Waals surface area contributed by atoms with Crippen LogP contribution in [0.3, 0.4) is 0 Å². The van der Waals surface area contributed by atoms with E-state index in [0.29, 0.717) is 28.5 Å². The van der Waals surface area contributed by atoms with E-state index in [-0.39, 0.29) is 11.5 Å². The molecule has 0 bridgehead atoms. The number of carbonyl (C=O) groups excluding carboxylic acids is 1. The number of aryl methyl sites for hydroxylation is 3. The van der Waals surface area contributed by atoms with Crippen LogP contribution in [-0.4, -0.2) is 25.8 Å². The number of anilines is 2. The van der Waals surface area contributed by atoms with E-state index in [1.165, 1.54) is 4.68 Å². The highest BCUT2D eigenvalue weighted by Crippen LogP contribution is 2.15. The van der Waals surface area contributed by atoms with Crippen LogP contribution in [0.2, 0.25) is 0 Å². The van der Waals surface area contributed by atoms with Gasteiger partial charge in [0, 0.05) is 23.0 Å².